The van der Waals surface area contributed by atoms with Gasteiger partial charge in [0.05, 0.1) is 5.69 Å². The van der Waals surface area contributed by atoms with Crippen LogP contribution in [0.3, 0.4) is 0 Å². The summed E-state index contributed by atoms with van der Waals surface area (Å²) in [5, 5.41) is 3.51. The van der Waals surface area contributed by atoms with Crippen molar-refractivity contribution < 1.29 is 9.18 Å². The van der Waals surface area contributed by atoms with Crippen LogP contribution in [0.4, 0.5) is 10.2 Å². The SMILES string of the molecule is CC(C)(C)Nc1c(C2CCN(C(=O)C3CC3)CC2)nc2ccc(F)cn12. The number of pyridine rings is 1. The molecule has 140 valence electrons. The molecule has 0 bridgehead atoms. The summed E-state index contributed by atoms with van der Waals surface area (Å²) in [5.41, 5.74) is 1.59. The Bertz CT molecular complexity index is 826. The first-order chi connectivity index (χ1) is 12.3. The quantitative estimate of drug-likeness (QED) is 0.908. The molecule has 1 aliphatic heterocycles. The van der Waals surface area contributed by atoms with Gasteiger partial charge in [-0.3, -0.25) is 9.20 Å². The van der Waals surface area contributed by atoms with Crippen LogP contribution < -0.4 is 5.32 Å². The highest BCUT2D eigenvalue weighted by atomic mass is 19.1. The Balaban J connectivity index is 1.61. The third-order valence-corrected chi connectivity index (χ3v) is 5.22. The van der Waals surface area contributed by atoms with Crippen molar-refractivity contribution in [2.24, 2.45) is 5.92 Å². The molecule has 0 unspecified atom stereocenters. The number of imidazole rings is 1. The number of hydrogen-bond acceptors (Lipinski definition) is 3. The van der Waals surface area contributed by atoms with Crippen LogP contribution in [0, 0.1) is 11.7 Å². The lowest BCUT2D eigenvalue weighted by Gasteiger charge is -2.32. The van der Waals surface area contributed by atoms with E-state index in [1.807, 2.05) is 9.30 Å². The molecule has 0 radical (unpaired) electrons. The molecule has 4 rings (SSSR count). The van der Waals surface area contributed by atoms with Gasteiger partial charge >= 0.3 is 0 Å². The average molecular weight is 358 g/mol. The summed E-state index contributed by atoms with van der Waals surface area (Å²) in [6, 6.07) is 3.17. The fourth-order valence-electron chi connectivity index (χ4n) is 3.76. The molecule has 0 atom stereocenters. The molecule has 2 aromatic rings. The lowest BCUT2D eigenvalue weighted by atomic mass is 9.92. The normalized spacial score (nSPS) is 19.2. The summed E-state index contributed by atoms with van der Waals surface area (Å²) in [5.74, 6) is 1.49. The molecule has 1 amide bonds. The smallest absolute Gasteiger partial charge is 0.225 e. The van der Waals surface area contributed by atoms with E-state index in [0.29, 0.717) is 5.91 Å². The number of amides is 1. The molecule has 3 heterocycles. The van der Waals surface area contributed by atoms with Gasteiger partial charge in [-0.25, -0.2) is 9.37 Å². The van der Waals surface area contributed by atoms with E-state index in [1.165, 1.54) is 12.3 Å². The zero-order valence-corrected chi connectivity index (χ0v) is 15.8. The number of hydrogen-bond donors (Lipinski definition) is 1. The van der Waals surface area contributed by atoms with Crippen LogP contribution in [0.5, 0.6) is 0 Å². The molecule has 2 aliphatic rings. The second-order valence-electron chi connectivity index (χ2n) is 8.67. The molecule has 1 N–H and O–H groups in total. The van der Waals surface area contributed by atoms with Crippen molar-refractivity contribution >= 4 is 17.4 Å². The number of anilines is 1. The number of nitrogens with zero attached hydrogens (tertiary/aromatic N) is 3. The topological polar surface area (TPSA) is 49.6 Å². The molecule has 2 fully saturated rings. The van der Waals surface area contributed by atoms with Crippen molar-refractivity contribution in [3.05, 3.63) is 29.8 Å². The van der Waals surface area contributed by atoms with E-state index in [0.717, 1.165) is 55.9 Å². The number of nitrogens with one attached hydrogen (secondary N) is 1. The Morgan fingerprint density at radius 2 is 1.88 bits per heavy atom. The minimum absolute atomic E-state index is 0.153. The lowest BCUT2D eigenvalue weighted by Crippen LogP contribution is -2.39. The largest absolute Gasteiger partial charge is 0.365 e. The third-order valence-electron chi connectivity index (χ3n) is 5.22. The predicted octanol–water partition coefficient (Wildman–Crippen LogP) is 3.80. The molecule has 0 spiro atoms. The standard InChI is InChI=1S/C20H27FN4O/c1-20(2,3)23-18-17(22-16-7-6-15(21)12-25(16)18)13-8-10-24(11-9-13)19(26)14-4-5-14/h6-7,12-14,23H,4-5,8-11H2,1-3H3. The molecule has 1 saturated carbocycles. The van der Waals surface area contributed by atoms with Crippen LogP contribution in [0.25, 0.3) is 5.65 Å². The highest BCUT2D eigenvalue weighted by Gasteiger charge is 2.36. The second kappa shape index (κ2) is 6.25. The van der Waals surface area contributed by atoms with Crippen LogP contribution in [0.15, 0.2) is 18.3 Å². The molecule has 5 nitrogen and oxygen atoms in total. The summed E-state index contributed by atoms with van der Waals surface area (Å²) in [6.45, 7) is 7.85. The zero-order valence-electron chi connectivity index (χ0n) is 15.8. The summed E-state index contributed by atoms with van der Waals surface area (Å²) >= 11 is 0. The zero-order chi connectivity index (χ0) is 18.5. The first kappa shape index (κ1) is 17.3. The van der Waals surface area contributed by atoms with E-state index in [2.05, 4.69) is 26.1 Å². The van der Waals surface area contributed by atoms with E-state index < -0.39 is 0 Å². The number of likely N-dealkylation sites (tertiary alicyclic amines) is 1. The maximum Gasteiger partial charge on any atom is 0.225 e. The number of carbonyl (C=O) groups is 1. The van der Waals surface area contributed by atoms with Crippen molar-refractivity contribution in [1.82, 2.24) is 14.3 Å². The van der Waals surface area contributed by atoms with Gasteiger partial charge in [0, 0.05) is 36.7 Å². The van der Waals surface area contributed by atoms with E-state index in [4.69, 9.17) is 4.98 Å². The van der Waals surface area contributed by atoms with Gasteiger partial charge < -0.3 is 10.2 Å². The predicted molar refractivity (Wildman–Crippen MR) is 99.8 cm³/mol. The Kier molecular flexibility index (Phi) is 4.16. The van der Waals surface area contributed by atoms with Gasteiger partial charge in [-0.05, 0) is 58.6 Å². The van der Waals surface area contributed by atoms with Crippen LogP contribution >= 0.6 is 0 Å². The molecule has 26 heavy (non-hydrogen) atoms. The number of halogens is 1. The van der Waals surface area contributed by atoms with Crippen molar-refractivity contribution in [1.29, 1.82) is 0 Å². The van der Waals surface area contributed by atoms with Crippen molar-refractivity contribution in [2.45, 2.75) is 57.9 Å². The summed E-state index contributed by atoms with van der Waals surface area (Å²) in [4.78, 5) is 19.1. The number of piperidine rings is 1. The maximum absolute atomic E-state index is 13.8. The molecular weight excluding hydrogens is 331 g/mol. The second-order valence-corrected chi connectivity index (χ2v) is 8.67. The molecular formula is C20H27FN4O. The van der Waals surface area contributed by atoms with Crippen LogP contribution in [0.2, 0.25) is 0 Å². The molecule has 1 saturated heterocycles. The lowest BCUT2D eigenvalue weighted by molar-refractivity contribution is -0.133. The molecule has 2 aromatic heterocycles. The fourth-order valence-corrected chi connectivity index (χ4v) is 3.76. The first-order valence-corrected chi connectivity index (χ1v) is 9.56. The van der Waals surface area contributed by atoms with Gasteiger partial charge in [-0.1, -0.05) is 0 Å². The molecule has 1 aliphatic carbocycles. The van der Waals surface area contributed by atoms with Gasteiger partial charge in [-0.2, -0.15) is 0 Å². The number of fused-ring (bicyclic) bond motifs is 1. The number of rotatable bonds is 3. The Labute approximate surface area is 153 Å². The maximum atomic E-state index is 13.8. The van der Waals surface area contributed by atoms with Crippen LogP contribution in [-0.4, -0.2) is 38.8 Å². The number of aromatic nitrogens is 2. The van der Waals surface area contributed by atoms with Gasteiger partial charge in [0.25, 0.3) is 0 Å². The van der Waals surface area contributed by atoms with Crippen molar-refractivity contribution in [2.75, 3.05) is 18.4 Å². The van der Waals surface area contributed by atoms with E-state index in [9.17, 15) is 9.18 Å². The van der Waals surface area contributed by atoms with Gasteiger partial charge in [0.15, 0.2) is 0 Å². The average Bonchev–Trinajstić information content (AvgIpc) is 3.38. The minimum Gasteiger partial charge on any atom is -0.365 e. The monoisotopic (exact) mass is 358 g/mol. The third kappa shape index (κ3) is 3.41. The molecule has 0 aromatic carbocycles. The molecule has 6 heteroatoms. The Morgan fingerprint density at radius 1 is 1.19 bits per heavy atom. The minimum atomic E-state index is -0.275. The summed E-state index contributed by atoms with van der Waals surface area (Å²) in [6.07, 6.45) is 5.41. The van der Waals surface area contributed by atoms with E-state index in [-0.39, 0.29) is 23.2 Å². The number of carbonyl (C=O) groups excluding carboxylic acids is 1. The fraction of sp³-hybridized carbons (Fsp3) is 0.600. The van der Waals surface area contributed by atoms with E-state index in [1.54, 1.807) is 6.07 Å². The van der Waals surface area contributed by atoms with Crippen molar-refractivity contribution in [3.63, 3.8) is 0 Å². The van der Waals surface area contributed by atoms with E-state index >= 15 is 0 Å². The first-order valence-electron chi connectivity index (χ1n) is 9.56. The van der Waals surface area contributed by atoms with Crippen molar-refractivity contribution in [3.8, 4) is 0 Å². The Hall–Kier alpha value is -2.11. The van der Waals surface area contributed by atoms with Crippen LogP contribution in [-0.2, 0) is 4.79 Å². The highest BCUT2D eigenvalue weighted by Crippen LogP contribution is 2.37. The van der Waals surface area contributed by atoms with Gasteiger partial charge in [0.1, 0.15) is 17.3 Å². The van der Waals surface area contributed by atoms with Crippen LogP contribution in [0.1, 0.15) is 58.1 Å². The van der Waals surface area contributed by atoms with Gasteiger partial charge in [-0.15, -0.1) is 0 Å². The Morgan fingerprint density at radius 3 is 2.50 bits per heavy atom. The summed E-state index contributed by atoms with van der Waals surface area (Å²) < 4.78 is 15.6. The summed E-state index contributed by atoms with van der Waals surface area (Å²) in [7, 11) is 0. The highest BCUT2D eigenvalue weighted by molar-refractivity contribution is 5.81. The van der Waals surface area contributed by atoms with Gasteiger partial charge in [0.2, 0.25) is 5.91 Å².